The summed E-state index contributed by atoms with van der Waals surface area (Å²) in [5.74, 6) is 0.672. The van der Waals surface area contributed by atoms with E-state index in [9.17, 15) is 4.79 Å². The van der Waals surface area contributed by atoms with Crippen molar-refractivity contribution >= 4 is 29.5 Å². The number of rotatable bonds is 5. The van der Waals surface area contributed by atoms with E-state index in [4.69, 9.17) is 32.3 Å². The van der Waals surface area contributed by atoms with Gasteiger partial charge in [-0.15, -0.1) is 0 Å². The largest absolute Gasteiger partial charge is 0.481 e. The molecule has 0 fully saturated rings. The van der Waals surface area contributed by atoms with Gasteiger partial charge in [0.05, 0.1) is 26.8 Å². The topological polar surface area (TPSA) is 109 Å². The van der Waals surface area contributed by atoms with Crippen LogP contribution >= 0.6 is 12.2 Å². The van der Waals surface area contributed by atoms with Crippen LogP contribution in [0.1, 0.15) is 6.92 Å². The van der Waals surface area contributed by atoms with Gasteiger partial charge in [0.25, 0.3) is 5.95 Å². The van der Waals surface area contributed by atoms with Crippen LogP contribution in [0.5, 0.6) is 11.8 Å². The number of hydrogen-bond donors (Lipinski definition) is 1. The zero-order chi connectivity index (χ0) is 15.1. The number of thiocarbonyl (C=S) groups is 1. The summed E-state index contributed by atoms with van der Waals surface area (Å²) in [6.07, 6.45) is -1.07. The van der Waals surface area contributed by atoms with E-state index in [1.165, 1.54) is 25.3 Å². The fourth-order valence-corrected chi connectivity index (χ4v) is 1.32. The third kappa shape index (κ3) is 4.39. The van der Waals surface area contributed by atoms with E-state index in [-0.39, 0.29) is 17.7 Å². The molecule has 0 aliphatic heterocycles. The van der Waals surface area contributed by atoms with E-state index in [0.29, 0.717) is 6.54 Å². The van der Waals surface area contributed by atoms with Crippen molar-refractivity contribution in [2.75, 3.05) is 25.8 Å². The molecule has 0 aromatic carbocycles. The number of hydroxylamine groups is 1. The highest BCUT2D eigenvalue weighted by molar-refractivity contribution is 7.79. The summed E-state index contributed by atoms with van der Waals surface area (Å²) in [6, 6.07) is 1.50. The van der Waals surface area contributed by atoms with Crippen molar-refractivity contribution in [3.63, 3.8) is 0 Å². The first-order valence-corrected chi connectivity index (χ1v) is 5.84. The van der Waals surface area contributed by atoms with Crippen LogP contribution in [0.4, 0.5) is 10.7 Å². The second-order valence-electron chi connectivity index (χ2n) is 3.21. The Morgan fingerprint density at radius 2 is 1.90 bits per heavy atom. The number of methoxy groups -OCH3 is 2. The lowest BCUT2D eigenvalue weighted by molar-refractivity contribution is 0.165. The molecule has 1 rings (SSSR count). The van der Waals surface area contributed by atoms with Crippen LogP contribution in [0, 0.1) is 0 Å². The van der Waals surface area contributed by atoms with Crippen molar-refractivity contribution in [2.45, 2.75) is 6.92 Å². The van der Waals surface area contributed by atoms with Crippen LogP contribution in [0.2, 0.25) is 0 Å². The molecule has 0 radical (unpaired) electrons. The van der Waals surface area contributed by atoms with Crippen molar-refractivity contribution in [1.29, 1.82) is 0 Å². The molecule has 110 valence electrons. The number of carbonyl (C=O) groups is 1. The molecule has 1 aromatic heterocycles. The lowest BCUT2D eigenvalue weighted by Crippen LogP contribution is -2.31. The number of ether oxygens (including phenoxy) is 3. The van der Waals surface area contributed by atoms with Gasteiger partial charge in [-0.05, 0) is 6.92 Å². The molecule has 0 spiro atoms. The van der Waals surface area contributed by atoms with Crippen molar-refractivity contribution in [3.05, 3.63) is 6.07 Å². The summed E-state index contributed by atoms with van der Waals surface area (Å²) in [6.45, 7) is 2.07. The van der Waals surface area contributed by atoms with Gasteiger partial charge in [-0.3, -0.25) is 0 Å². The van der Waals surface area contributed by atoms with Gasteiger partial charge in [0, 0.05) is 12.2 Å². The molecule has 0 atom stereocenters. The predicted molar refractivity (Wildman–Crippen MR) is 72.5 cm³/mol. The van der Waals surface area contributed by atoms with E-state index in [0.717, 1.165) is 0 Å². The van der Waals surface area contributed by atoms with E-state index < -0.39 is 11.3 Å². The maximum atomic E-state index is 10.6. The average Bonchev–Trinajstić information content (AvgIpc) is 2.43. The number of primary amides is 1. The fourth-order valence-electron chi connectivity index (χ4n) is 1.15. The summed E-state index contributed by atoms with van der Waals surface area (Å²) < 4.78 is 14.4. The van der Waals surface area contributed by atoms with Crippen molar-refractivity contribution < 1.29 is 23.8 Å². The molecule has 9 nitrogen and oxygen atoms in total. The number of hydrogen-bond acceptors (Lipinski definition) is 9. The number of aromatic nitrogens is 2. The van der Waals surface area contributed by atoms with E-state index in [1.807, 2.05) is 0 Å². The van der Waals surface area contributed by atoms with E-state index in [1.54, 1.807) is 6.92 Å². The summed E-state index contributed by atoms with van der Waals surface area (Å²) in [5, 5.41) is 0.723. The van der Waals surface area contributed by atoms with Crippen LogP contribution in [-0.2, 0) is 9.57 Å². The van der Waals surface area contributed by atoms with Crippen molar-refractivity contribution in [2.24, 2.45) is 5.73 Å². The number of carbonyl (C=O) groups excluding carboxylic acids is 1. The first-order valence-electron chi connectivity index (χ1n) is 5.44. The highest BCUT2D eigenvalue weighted by atomic mass is 32.1. The van der Waals surface area contributed by atoms with E-state index >= 15 is 0 Å². The second-order valence-corrected chi connectivity index (χ2v) is 3.54. The van der Waals surface area contributed by atoms with Gasteiger partial charge in [0.2, 0.25) is 11.8 Å². The molecule has 2 N–H and O–H groups in total. The Morgan fingerprint density at radius 1 is 1.35 bits per heavy atom. The first-order chi connectivity index (χ1) is 9.49. The quantitative estimate of drug-likeness (QED) is 0.618. The average molecular weight is 302 g/mol. The summed E-state index contributed by atoms with van der Waals surface area (Å²) in [5.41, 5.74) is 4.82. The number of nitrogens with zero attached hydrogens (tertiary/aromatic N) is 3. The summed E-state index contributed by atoms with van der Waals surface area (Å²) in [4.78, 5) is 23.8. The molecule has 0 bridgehead atoms. The summed E-state index contributed by atoms with van der Waals surface area (Å²) >= 11 is 4.69. The van der Waals surface area contributed by atoms with Crippen molar-refractivity contribution in [1.82, 2.24) is 9.97 Å². The minimum absolute atomic E-state index is 0.124. The Morgan fingerprint density at radius 3 is 2.30 bits per heavy atom. The molecule has 0 unspecified atom stereocenters. The zero-order valence-electron chi connectivity index (χ0n) is 11.2. The lowest BCUT2D eigenvalue weighted by atomic mass is 10.6. The molecule has 0 aliphatic rings. The smallest absolute Gasteiger partial charge is 0.413 e. The Balaban J connectivity index is 2.93. The lowest BCUT2D eigenvalue weighted by Gasteiger charge is -2.20. The molecular weight excluding hydrogens is 288 g/mol. The van der Waals surface area contributed by atoms with Crippen LogP contribution in [0.15, 0.2) is 6.07 Å². The Kier molecular flexibility index (Phi) is 5.72. The van der Waals surface area contributed by atoms with E-state index in [2.05, 4.69) is 14.7 Å². The van der Waals surface area contributed by atoms with Gasteiger partial charge in [-0.25, -0.2) is 4.79 Å². The zero-order valence-corrected chi connectivity index (χ0v) is 12.0. The van der Waals surface area contributed by atoms with Crippen molar-refractivity contribution in [3.8, 4) is 11.8 Å². The minimum Gasteiger partial charge on any atom is -0.481 e. The molecule has 1 aromatic rings. The fraction of sp³-hybridized carbons (Fsp3) is 0.400. The third-order valence-electron chi connectivity index (χ3n) is 1.96. The van der Waals surface area contributed by atoms with Gasteiger partial charge < -0.3 is 24.8 Å². The highest BCUT2D eigenvalue weighted by Crippen LogP contribution is 2.20. The molecule has 20 heavy (non-hydrogen) atoms. The summed E-state index contributed by atoms with van der Waals surface area (Å²) in [7, 11) is 2.90. The molecule has 0 saturated carbocycles. The Labute approximate surface area is 120 Å². The molecular formula is C10H14N4O5S. The third-order valence-corrected chi connectivity index (χ3v) is 2.12. The van der Waals surface area contributed by atoms with Gasteiger partial charge >= 0.3 is 11.3 Å². The Hall–Kier alpha value is -2.36. The van der Waals surface area contributed by atoms with Crippen LogP contribution in [-0.4, -0.2) is 42.1 Å². The van der Waals surface area contributed by atoms with Gasteiger partial charge in [-0.2, -0.15) is 15.0 Å². The molecule has 1 amide bonds. The normalized spacial score (nSPS) is 9.55. The molecule has 10 heteroatoms. The monoisotopic (exact) mass is 302 g/mol. The standard InChI is InChI=1S/C10H14N4O5S/c1-4-14(19-10(20)18-8(11)15)9-12-6(16-2)5-7(13-9)17-3/h5H,4H2,1-3H3,(H2,11,15). The SMILES string of the molecule is CCN(OC(=S)OC(N)=O)c1nc(OC)cc(OC)n1. The van der Waals surface area contributed by atoms with Gasteiger partial charge in [0.15, 0.2) is 0 Å². The van der Waals surface area contributed by atoms with Gasteiger partial charge in [0.1, 0.15) is 0 Å². The van der Waals surface area contributed by atoms with Gasteiger partial charge in [-0.1, -0.05) is 0 Å². The second kappa shape index (κ2) is 7.28. The maximum absolute atomic E-state index is 10.6. The molecule has 0 saturated heterocycles. The highest BCUT2D eigenvalue weighted by Gasteiger charge is 2.16. The number of anilines is 1. The number of nitrogens with two attached hydrogens (primary N) is 1. The maximum Gasteiger partial charge on any atom is 0.413 e. The molecule has 1 heterocycles. The number of amides is 1. The predicted octanol–water partition coefficient (Wildman–Crippen LogP) is 0.632. The van der Waals surface area contributed by atoms with Crippen LogP contribution in [0.3, 0.4) is 0 Å². The first kappa shape index (κ1) is 15.7. The minimum atomic E-state index is -1.07. The van der Waals surface area contributed by atoms with Crippen LogP contribution in [0.25, 0.3) is 0 Å². The molecule has 0 aliphatic carbocycles. The Bertz CT molecular complexity index is 476. The van der Waals surface area contributed by atoms with Crippen LogP contribution < -0.4 is 20.3 Å².